The van der Waals surface area contributed by atoms with Gasteiger partial charge in [-0.1, -0.05) is 25.2 Å². The van der Waals surface area contributed by atoms with E-state index in [2.05, 4.69) is 32.2 Å². The zero-order chi connectivity index (χ0) is 23.8. The maximum absolute atomic E-state index is 14.1. The highest BCUT2D eigenvalue weighted by Crippen LogP contribution is 2.29. The number of fused-ring (bicyclic) bond motifs is 1. The number of aliphatic imine (C=N–C) groups is 2. The Hall–Kier alpha value is -3.52. The van der Waals surface area contributed by atoms with Crippen LogP contribution in [0.2, 0.25) is 0 Å². The van der Waals surface area contributed by atoms with E-state index in [0.29, 0.717) is 48.1 Å². The molecule has 1 aromatic carbocycles. The minimum Gasteiger partial charge on any atom is -0.461 e. The van der Waals surface area contributed by atoms with Gasteiger partial charge in [-0.05, 0) is 40.7 Å². The summed E-state index contributed by atoms with van der Waals surface area (Å²) in [6.45, 7) is -0.112. The molecule has 3 heterocycles. The summed E-state index contributed by atoms with van der Waals surface area (Å²) >= 11 is 0. The van der Waals surface area contributed by atoms with Crippen molar-refractivity contribution >= 4 is 17.9 Å². The lowest BCUT2D eigenvalue weighted by Crippen LogP contribution is -2.50. The molecule has 34 heavy (non-hydrogen) atoms. The van der Waals surface area contributed by atoms with Gasteiger partial charge in [0.05, 0.1) is 11.8 Å². The van der Waals surface area contributed by atoms with E-state index in [9.17, 15) is 13.2 Å². The molecular formula is C24H22F3N6O+. The molecule has 1 aliphatic carbocycles. The number of nitrogens with two attached hydrogens (primary N) is 1. The number of hydrogen-bond acceptors (Lipinski definition) is 6. The lowest BCUT2D eigenvalue weighted by Gasteiger charge is -2.34. The molecule has 1 unspecified atom stereocenters. The molecule has 3 aliphatic rings. The zero-order valence-electron chi connectivity index (χ0n) is 18.2. The summed E-state index contributed by atoms with van der Waals surface area (Å²) in [7, 11) is 0. The van der Waals surface area contributed by atoms with Crippen LogP contribution in [-0.2, 0) is 6.54 Å². The monoisotopic (exact) mass is 467 g/mol. The summed E-state index contributed by atoms with van der Waals surface area (Å²) in [6.07, 6.45) is 8.92. The number of furan rings is 1. The van der Waals surface area contributed by atoms with Gasteiger partial charge in [-0.2, -0.15) is 4.99 Å². The summed E-state index contributed by atoms with van der Waals surface area (Å²) in [5.41, 5.74) is -0.479. The number of nitrogens with zero attached hydrogens (tertiary/aromatic N) is 4. The smallest absolute Gasteiger partial charge is 0.300 e. The second-order valence-electron chi connectivity index (χ2n) is 8.48. The van der Waals surface area contributed by atoms with Crippen LogP contribution in [0, 0.1) is 29.3 Å². The predicted octanol–water partition coefficient (Wildman–Crippen LogP) is 3.88. The average Bonchev–Trinajstić information content (AvgIpc) is 3.45. The average molecular weight is 467 g/mol. The van der Waals surface area contributed by atoms with E-state index in [1.165, 1.54) is 12.5 Å². The Bertz CT molecular complexity index is 1270. The number of allylic oxidation sites excluding steroid dienone is 1. The van der Waals surface area contributed by atoms with Crippen molar-refractivity contribution in [3.05, 3.63) is 71.2 Å². The molecule has 1 fully saturated rings. The van der Waals surface area contributed by atoms with E-state index in [-0.39, 0.29) is 12.1 Å². The van der Waals surface area contributed by atoms with Crippen LogP contribution in [0.15, 0.2) is 61.9 Å². The Morgan fingerprint density at radius 2 is 1.91 bits per heavy atom. The molecule has 2 aliphatic heterocycles. The summed E-state index contributed by atoms with van der Waals surface area (Å²) in [5, 5.41) is 7.64. The van der Waals surface area contributed by atoms with Crippen LogP contribution < -0.4 is 11.2 Å². The second-order valence-corrected chi connectivity index (χ2v) is 8.48. The van der Waals surface area contributed by atoms with Crippen LogP contribution >= 0.6 is 0 Å². The molecule has 7 nitrogen and oxygen atoms in total. The van der Waals surface area contributed by atoms with Gasteiger partial charge in [-0.25, -0.2) is 18.2 Å². The number of rotatable bonds is 4. The van der Waals surface area contributed by atoms with Crippen molar-refractivity contribution in [2.75, 3.05) is 0 Å². The molecule has 1 saturated carbocycles. The number of amidine groups is 2. The van der Waals surface area contributed by atoms with Crippen LogP contribution in [0.5, 0.6) is 0 Å². The zero-order valence-corrected chi connectivity index (χ0v) is 18.2. The number of quaternary nitrogens is 1. The molecule has 0 bridgehead atoms. The first-order valence-corrected chi connectivity index (χ1v) is 11.0. The van der Waals surface area contributed by atoms with Gasteiger partial charge in [0.15, 0.2) is 17.7 Å². The van der Waals surface area contributed by atoms with E-state index in [4.69, 9.17) is 10.3 Å². The van der Waals surface area contributed by atoms with Crippen molar-refractivity contribution in [1.29, 1.82) is 0 Å². The van der Waals surface area contributed by atoms with E-state index in [1.807, 2.05) is 0 Å². The van der Waals surface area contributed by atoms with E-state index >= 15 is 0 Å². The van der Waals surface area contributed by atoms with Crippen LogP contribution in [0.3, 0.4) is 0 Å². The molecule has 3 N–H and O–H groups in total. The molecule has 1 atom stereocenters. The number of benzene rings is 1. The van der Waals surface area contributed by atoms with Gasteiger partial charge < -0.3 is 4.42 Å². The summed E-state index contributed by atoms with van der Waals surface area (Å²) in [4.78, 5) is 8.72. The Kier molecular flexibility index (Phi) is 5.69. The minimum atomic E-state index is -0.949. The Morgan fingerprint density at radius 3 is 2.62 bits per heavy atom. The van der Waals surface area contributed by atoms with Gasteiger partial charge in [0, 0.05) is 24.2 Å². The molecular weight excluding hydrogens is 445 g/mol. The maximum Gasteiger partial charge on any atom is 0.300 e. The van der Waals surface area contributed by atoms with Crippen LogP contribution in [0.4, 0.5) is 13.2 Å². The van der Waals surface area contributed by atoms with Gasteiger partial charge in [-0.15, -0.1) is 5.84 Å². The topological polar surface area (TPSA) is 88.3 Å². The quantitative estimate of drug-likeness (QED) is 0.406. The fourth-order valence-corrected chi connectivity index (χ4v) is 4.24. The molecule has 174 valence electrons. The van der Waals surface area contributed by atoms with Gasteiger partial charge in [0.1, 0.15) is 23.7 Å². The van der Waals surface area contributed by atoms with Crippen molar-refractivity contribution < 1.29 is 22.3 Å². The standard InChI is InChI=1S/C24H22F3N6O/c25-16-11-19(26)18(20(27)12-16)13-30-24(7-2-1-3-8-24)9-6-17-15-33(28)22(14-29-17)31-23(32-33)21-5-4-10-34-21/h4-5,10-12,14-15,30H,1-3,7-8,13,28H2/q+1. The van der Waals surface area contributed by atoms with E-state index in [0.717, 1.165) is 19.3 Å². The van der Waals surface area contributed by atoms with E-state index in [1.54, 1.807) is 18.3 Å². The summed E-state index contributed by atoms with van der Waals surface area (Å²) < 4.78 is 46.4. The largest absolute Gasteiger partial charge is 0.461 e. The van der Waals surface area contributed by atoms with Crippen LogP contribution in [0.1, 0.15) is 43.4 Å². The molecule has 10 heteroatoms. The molecule has 0 amide bonds. The molecule has 5 rings (SSSR count). The predicted molar refractivity (Wildman–Crippen MR) is 120 cm³/mol. The Morgan fingerprint density at radius 1 is 1.15 bits per heavy atom. The third kappa shape index (κ3) is 4.33. The van der Waals surface area contributed by atoms with Crippen molar-refractivity contribution in [2.24, 2.45) is 20.9 Å². The third-order valence-corrected chi connectivity index (χ3v) is 6.07. The molecule has 0 saturated heterocycles. The first-order valence-electron chi connectivity index (χ1n) is 11.0. The highest BCUT2D eigenvalue weighted by molar-refractivity contribution is 6.31. The molecule has 0 radical (unpaired) electrons. The Balaban J connectivity index is 1.39. The fourth-order valence-electron chi connectivity index (χ4n) is 4.24. The minimum absolute atomic E-state index is 0.112. The van der Waals surface area contributed by atoms with Crippen molar-refractivity contribution in [1.82, 2.24) is 5.32 Å². The van der Waals surface area contributed by atoms with Gasteiger partial charge in [0.2, 0.25) is 0 Å². The lowest BCUT2D eigenvalue weighted by molar-refractivity contribution is -0.803. The normalized spacial score (nSPS) is 22.9. The fraction of sp³-hybridized carbons (Fsp3) is 0.292. The lowest BCUT2D eigenvalue weighted by atomic mass is 9.82. The number of halogens is 3. The first-order chi connectivity index (χ1) is 16.4. The van der Waals surface area contributed by atoms with Gasteiger partial charge in [-0.3, -0.25) is 5.32 Å². The number of hydrogen-bond donors (Lipinski definition) is 2. The van der Waals surface area contributed by atoms with E-state index < -0.39 is 27.7 Å². The van der Waals surface area contributed by atoms with Crippen molar-refractivity contribution in [2.45, 2.75) is 44.2 Å². The summed E-state index contributed by atoms with van der Waals surface area (Å²) in [6, 6.07) is 4.83. The number of nitrogens with one attached hydrogen (secondary N) is 1. The maximum atomic E-state index is 14.1. The van der Waals surface area contributed by atoms with Gasteiger partial charge in [0.25, 0.3) is 11.7 Å². The van der Waals surface area contributed by atoms with Crippen LogP contribution in [0.25, 0.3) is 0 Å². The highest BCUT2D eigenvalue weighted by atomic mass is 19.1. The highest BCUT2D eigenvalue weighted by Gasteiger charge is 2.40. The van der Waals surface area contributed by atoms with Crippen molar-refractivity contribution in [3.8, 4) is 11.8 Å². The van der Waals surface area contributed by atoms with Crippen molar-refractivity contribution in [3.63, 3.8) is 0 Å². The van der Waals surface area contributed by atoms with Gasteiger partial charge >= 0.3 is 0 Å². The second kappa shape index (κ2) is 8.68. The molecule has 0 spiro atoms. The SMILES string of the molecule is N[N+]12C=C(C#CC3(NCc4c(F)cc(F)cc4F)CCCCC3)N=CC1=NC(c1ccco1)=N2. The molecule has 1 aromatic heterocycles. The summed E-state index contributed by atoms with van der Waals surface area (Å²) in [5.74, 6) is 11.1. The molecule has 2 aromatic rings. The first kappa shape index (κ1) is 22.3. The Labute approximate surface area is 194 Å². The third-order valence-electron chi connectivity index (χ3n) is 6.07. The van der Waals surface area contributed by atoms with Crippen LogP contribution in [-0.4, -0.2) is 28.1 Å².